The Bertz CT molecular complexity index is 393. The van der Waals surface area contributed by atoms with Gasteiger partial charge in [0.05, 0.1) is 7.11 Å². The molecule has 0 aliphatic rings. The van der Waals surface area contributed by atoms with Gasteiger partial charge in [-0.05, 0) is 30.5 Å². The van der Waals surface area contributed by atoms with Gasteiger partial charge in [0.1, 0.15) is 0 Å². The Morgan fingerprint density at radius 2 is 2.06 bits per heavy atom. The van der Waals surface area contributed by atoms with E-state index < -0.39 is 0 Å². The van der Waals surface area contributed by atoms with Crippen molar-refractivity contribution in [1.29, 1.82) is 0 Å². The Morgan fingerprint density at radius 1 is 1.39 bits per heavy atom. The van der Waals surface area contributed by atoms with Gasteiger partial charge >= 0.3 is 0 Å². The monoisotopic (exact) mass is 254 g/mol. The van der Waals surface area contributed by atoms with Crippen LogP contribution in [0.15, 0.2) is 18.2 Å². The first-order valence-corrected chi connectivity index (χ1v) is 6.14. The minimum absolute atomic E-state index is 0.110. The average Bonchev–Trinajstić information content (AvgIpc) is 2.36. The fourth-order valence-electron chi connectivity index (χ4n) is 1.59. The van der Waals surface area contributed by atoms with E-state index in [2.05, 4.69) is 13.8 Å². The molecule has 1 aromatic carbocycles. The molecular formula is C14H23FN2O. The number of hydrogen-bond donors (Lipinski definition) is 1. The van der Waals surface area contributed by atoms with Crippen LogP contribution in [0.5, 0.6) is 5.75 Å². The van der Waals surface area contributed by atoms with E-state index in [0.717, 1.165) is 18.7 Å². The molecule has 4 heteroatoms. The normalized spacial score (nSPS) is 11.4. The molecule has 0 heterocycles. The lowest BCUT2D eigenvalue weighted by atomic mass is 9.89. The fraction of sp³-hybridized carbons (Fsp3) is 0.571. The number of anilines is 1. The van der Waals surface area contributed by atoms with Gasteiger partial charge in [-0.25, -0.2) is 4.39 Å². The van der Waals surface area contributed by atoms with Gasteiger partial charge in [-0.2, -0.15) is 0 Å². The van der Waals surface area contributed by atoms with Crippen molar-refractivity contribution in [2.24, 2.45) is 11.1 Å². The SMILES string of the molecule is COc1ccc(N(C)CCC(C)(C)CN)cc1F. The summed E-state index contributed by atoms with van der Waals surface area (Å²) in [7, 11) is 3.42. The number of nitrogens with zero attached hydrogens (tertiary/aromatic N) is 1. The summed E-state index contributed by atoms with van der Waals surface area (Å²) in [5.41, 5.74) is 6.66. The van der Waals surface area contributed by atoms with Crippen molar-refractivity contribution in [3.63, 3.8) is 0 Å². The number of nitrogens with two attached hydrogens (primary N) is 1. The van der Waals surface area contributed by atoms with Crippen LogP contribution in [0.1, 0.15) is 20.3 Å². The summed E-state index contributed by atoms with van der Waals surface area (Å²) >= 11 is 0. The standard InChI is InChI=1S/C14H23FN2O/c1-14(2,10-16)7-8-17(3)11-5-6-13(18-4)12(15)9-11/h5-6,9H,7-8,10,16H2,1-4H3. The minimum atomic E-state index is -0.333. The van der Waals surface area contributed by atoms with Crippen molar-refractivity contribution in [2.45, 2.75) is 20.3 Å². The fourth-order valence-corrected chi connectivity index (χ4v) is 1.59. The number of hydrogen-bond acceptors (Lipinski definition) is 3. The van der Waals surface area contributed by atoms with Crippen molar-refractivity contribution >= 4 is 5.69 Å². The average molecular weight is 254 g/mol. The minimum Gasteiger partial charge on any atom is -0.494 e. The first-order valence-electron chi connectivity index (χ1n) is 6.14. The zero-order valence-electron chi connectivity index (χ0n) is 11.7. The van der Waals surface area contributed by atoms with E-state index in [0.29, 0.717) is 6.54 Å². The van der Waals surface area contributed by atoms with E-state index in [1.807, 2.05) is 18.0 Å². The molecule has 1 rings (SSSR count). The molecule has 0 unspecified atom stereocenters. The van der Waals surface area contributed by atoms with Gasteiger partial charge in [0.2, 0.25) is 0 Å². The molecule has 0 aliphatic heterocycles. The maximum absolute atomic E-state index is 13.6. The highest BCUT2D eigenvalue weighted by atomic mass is 19.1. The first-order chi connectivity index (χ1) is 8.39. The summed E-state index contributed by atoms with van der Waals surface area (Å²) in [4.78, 5) is 2.03. The smallest absolute Gasteiger partial charge is 0.167 e. The lowest BCUT2D eigenvalue weighted by Crippen LogP contribution is -2.29. The molecule has 0 bridgehead atoms. The lowest BCUT2D eigenvalue weighted by Gasteiger charge is -2.27. The summed E-state index contributed by atoms with van der Waals surface area (Å²) in [5.74, 6) is -0.0608. The van der Waals surface area contributed by atoms with Crippen LogP contribution in [-0.2, 0) is 0 Å². The zero-order valence-corrected chi connectivity index (χ0v) is 11.7. The van der Waals surface area contributed by atoms with Gasteiger partial charge in [-0.15, -0.1) is 0 Å². The molecule has 1 aromatic rings. The number of rotatable bonds is 6. The highest BCUT2D eigenvalue weighted by Crippen LogP contribution is 2.24. The van der Waals surface area contributed by atoms with Crippen LogP contribution in [0, 0.1) is 11.2 Å². The molecule has 2 N–H and O–H groups in total. The summed E-state index contributed by atoms with van der Waals surface area (Å²) in [6.07, 6.45) is 0.966. The third-order valence-electron chi connectivity index (χ3n) is 3.25. The Morgan fingerprint density at radius 3 is 2.56 bits per heavy atom. The largest absolute Gasteiger partial charge is 0.494 e. The molecule has 0 radical (unpaired) electrons. The molecule has 0 saturated carbocycles. The van der Waals surface area contributed by atoms with Crippen LogP contribution >= 0.6 is 0 Å². The van der Waals surface area contributed by atoms with Gasteiger partial charge < -0.3 is 15.4 Å². The Balaban J connectivity index is 2.67. The Labute approximate surface area is 109 Å². The van der Waals surface area contributed by atoms with Crippen molar-refractivity contribution < 1.29 is 9.13 Å². The molecule has 0 fully saturated rings. The van der Waals surface area contributed by atoms with Gasteiger partial charge in [-0.1, -0.05) is 13.8 Å². The van der Waals surface area contributed by atoms with Gasteiger partial charge in [0.15, 0.2) is 11.6 Å². The summed E-state index contributed by atoms with van der Waals surface area (Å²) < 4.78 is 18.5. The second kappa shape index (κ2) is 6.05. The predicted molar refractivity (Wildman–Crippen MR) is 73.7 cm³/mol. The van der Waals surface area contributed by atoms with Crippen LogP contribution in [-0.4, -0.2) is 27.2 Å². The number of benzene rings is 1. The van der Waals surface area contributed by atoms with Crippen LogP contribution in [0.2, 0.25) is 0 Å². The van der Waals surface area contributed by atoms with Gasteiger partial charge in [-0.3, -0.25) is 0 Å². The number of halogens is 1. The summed E-state index contributed by atoms with van der Waals surface area (Å²) in [6.45, 7) is 5.76. The van der Waals surface area contributed by atoms with Crippen LogP contribution in [0.3, 0.4) is 0 Å². The molecular weight excluding hydrogens is 231 g/mol. The maximum Gasteiger partial charge on any atom is 0.167 e. The Kier molecular flexibility index (Phi) is 4.96. The highest BCUT2D eigenvalue weighted by Gasteiger charge is 2.16. The van der Waals surface area contributed by atoms with E-state index in [-0.39, 0.29) is 17.0 Å². The quantitative estimate of drug-likeness (QED) is 0.848. The van der Waals surface area contributed by atoms with E-state index in [9.17, 15) is 4.39 Å². The van der Waals surface area contributed by atoms with E-state index >= 15 is 0 Å². The first kappa shape index (κ1) is 14.8. The Hall–Kier alpha value is -1.29. The van der Waals surface area contributed by atoms with Gasteiger partial charge in [0.25, 0.3) is 0 Å². The molecule has 0 saturated heterocycles. The lowest BCUT2D eigenvalue weighted by molar-refractivity contribution is 0.351. The van der Waals surface area contributed by atoms with Crippen LogP contribution in [0.25, 0.3) is 0 Å². The second-order valence-corrected chi connectivity index (χ2v) is 5.36. The van der Waals surface area contributed by atoms with E-state index in [4.69, 9.17) is 10.5 Å². The van der Waals surface area contributed by atoms with E-state index in [1.54, 1.807) is 6.07 Å². The van der Waals surface area contributed by atoms with Crippen LogP contribution < -0.4 is 15.4 Å². The summed E-state index contributed by atoms with van der Waals surface area (Å²) in [6, 6.07) is 5.00. The molecule has 102 valence electrons. The molecule has 0 spiro atoms. The highest BCUT2D eigenvalue weighted by molar-refractivity contribution is 5.49. The third kappa shape index (κ3) is 3.88. The second-order valence-electron chi connectivity index (χ2n) is 5.36. The predicted octanol–water partition coefficient (Wildman–Crippen LogP) is 2.65. The maximum atomic E-state index is 13.6. The molecule has 0 atom stereocenters. The van der Waals surface area contributed by atoms with Crippen molar-refractivity contribution in [2.75, 3.05) is 32.1 Å². The van der Waals surface area contributed by atoms with Gasteiger partial charge in [0, 0.05) is 25.3 Å². The van der Waals surface area contributed by atoms with Crippen molar-refractivity contribution in [1.82, 2.24) is 0 Å². The van der Waals surface area contributed by atoms with Crippen LogP contribution in [0.4, 0.5) is 10.1 Å². The molecule has 3 nitrogen and oxygen atoms in total. The topological polar surface area (TPSA) is 38.5 Å². The molecule has 18 heavy (non-hydrogen) atoms. The zero-order chi connectivity index (χ0) is 13.8. The molecule has 0 amide bonds. The number of ether oxygens (including phenoxy) is 1. The molecule has 0 aromatic heterocycles. The molecule has 0 aliphatic carbocycles. The van der Waals surface area contributed by atoms with E-state index in [1.165, 1.54) is 13.2 Å². The van der Waals surface area contributed by atoms with Crippen molar-refractivity contribution in [3.8, 4) is 5.75 Å². The van der Waals surface area contributed by atoms with Crippen molar-refractivity contribution in [3.05, 3.63) is 24.0 Å². The third-order valence-corrected chi connectivity index (χ3v) is 3.25. The summed E-state index contributed by atoms with van der Waals surface area (Å²) in [5, 5.41) is 0. The number of methoxy groups -OCH3 is 1.